The second-order valence-electron chi connectivity index (χ2n) is 4.20. The summed E-state index contributed by atoms with van der Waals surface area (Å²) in [5.41, 5.74) is 1.22. The summed E-state index contributed by atoms with van der Waals surface area (Å²) in [6, 6.07) is 5.31. The first-order valence-corrected chi connectivity index (χ1v) is 5.30. The third-order valence-electron chi connectivity index (χ3n) is 2.92. The first-order chi connectivity index (χ1) is 7.11. The van der Waals surface area contributed by atoms with Crippen LogP contribution in [0.15, 0.2) is 18.2 Å². The zero-order chi connectivity index (χ0) is 11.0. The molecule has 2 rings (SSSR count). The lowest BCUT2D eigenvalue weighted by atomic mass is 10.1. The van der Waals surface area contributed by atoms with Crippen LogP contribution < -0.4 is 4.90 Å². The summed E-state index contributed by atoms with van der Waals surface area (Å²) >= 11 is 0. The average Bonchev–Trinajstić information content (AvgIpc) is 2.99. The van der Waals surface area contributed by atoms with Gasteiger partial charge >= 0.3 is 0 Å². The molecule has 0 bridgehead atoms. The Morgan fingerprint density at radius 3 is 2.67 bits per heavy atom. The Balaban J connectivity index is 2.41. The van der Waals surface area contributed by atoms with Gasteiger partial charge in [-0.25, -0.2) is 4.39 Å². The van der Waals surface area contributed by atoms with Gasteiger partial charge in [-0.3, -0.25) is 0 Å². The smallest absolute Gasteiger partial charge is 0.146 e. The molecule has 0 amide bonds. The highest BCUT2D eigenvalue weighted by atomic mass is 19.1. The molecule has 1 aliphatic carbocycles. The van der Waals surface area contributed by atoms with E-state index in [0.29, 0.717) is 17.3 Å². The Hall–Kier alpha value is -1.09. The molecule has 1 N–H and O–H groups in total. The van der Waals surface area contributed by atoms with E-state index in [4.69, 9.17) is 0 Å². The predicted octanol–water partition coefficient (Wildman–Crippen LogP) is 2.48. The van der Waals surface area contributed by atoms with Gasteiger partial charge in [0.2, 0.25) is 0 Å². The van der Waals surface area contributed by atoms with Crippen LogP contribution in [0.5, 0.6) is 0 Å². The summed E-state index contributed by atoms with van der Waals surface area (Å²) in [5, 5.41) is 9.59. The van der Waals surface area contributed by atoms with Crippen molar-refractivity contribution in [3.63, 3.8) is 0 Å². The molecule has 0 saturated heterocycles. The van der Waals surface area contributed by atoms with Crippen LogP contribution in [-0.2, 0) is 0 Å². The van der Waals surface area contributed by atoms with E-state index >= 15 is 0 Å². The zero-order valence-electron chi connectivity index (χ0n) is 9.07. The van der Waals surface area contributed by atoms with Gasteiger partial charge in [-0.15, -0.1) is 0 Å². The second kappa shape index (κ2) is 3.81. The Labute approximate surface area is 89.3 Å². The Bertz CT molecular complexity index is 361. The maximum atomic E-state index is 13.7. The van der Waals surface area contributed by atoms with Crippen molar-refractivity contribution in [2.75, 3.05) is 11.9 Å². The number of aliphatic hydroxyl groups excluding tert-OH is 1. The maximum Gasteiger partial charge on any atom is 0.146 e. The number of hydrogen-bond acceptors (Lipinski definition) is 2. The molecular weight excluding hydrogens is 193 g/mol. The molecule has 0 unspecified atom stereocenters. The fourth-order valence-corrected chi connectivity index (χ4v) is 1.89. The lowest BCUT2D eigenvalue weighted by molar-refractivity contribution is 0.199. The van der Waals surface area contributed by atoms with Crippen LogP contribution in [0.25, 0.3) is 0 Å². The minimum absolute atomic E-state index is 0.247. The monoisotopic (exact) mass is 209 g/mol. The quantitative estimate of drug-likeness (QED) is 0.826. The van der Waals surface area contributed by atoms with Crippen molar-refractivity contribution in [2.24, 2.45) is 0 Å². The first-order valence-electron chi connectivity index (χ1n) is 5.30. The Morgan fingerprint density at radius 2 is 2.13 bits per heavy atom. The van der Waals surface area contributed by atoms with Crippen LogP contribution in [0.2, 0.25) is 0 Å². The molecule has 15 heavy (non-hydrogen) atoms. The summed E-state index contributed by atoms with van der Waals surface area (Å²) in [6.07, 6.45) is 1.60. The SMILES string of the molecule is C[C@H](O)c1cccc(F)c1N(C)C1CC1. The van der Waals surface area contributed by atoms with Gasteiger partial charge in [0.25, 0.3) is 0 Å². The van der Waals surface area contributed by atoms with Crippen molar-refractivity contribution in [1.29, 1.82) is 0 Å². The summed E-state index contributed by atoms with van der Waals surface area (Å²) in [4.78, 5) is 1.94. The number of aliphatic hydroxyl groups is 1. The van der Waals surface area contributed by atoms with Crippen molar-refractivity contribution in [1.82, 2.24) is 0 Å². The van der Waals surface area contributed by atoms with Gasteiger partial charge in [0.15, 0.2) is 0 Å². The third-order valence-corrected chi connectivity index (χ3v) is 2.92. The van der Waals surface area contributed by atoms with Gasteiger partial charge in [0, 0.05) is 18.7 Å². The van der Waals surface area contributed by atoms with Crippen LogP contribution in [-0.4, -0.2) is 18.2 Å². The van der Waals surface area contributed by atoms with Crippen LogP contribution >= 0.6 is 0 Å². The Morgan fingerprint density at radius 1 is 1.47 bits per heavy atom. The molecule has 1 saturated carbocycles. The molecular formula is C12H16FNO. The molecule has 2 nitrogen and oxygen atoms in total. The second-order valence-corrected chi connectivity index (χ2v) is 4.20. The van der Waals surface area contributed by atoms with E-state index in [1.807, 2.05) is 11.9 Å². The van der Waals surface area contributed by atoms with Gasteiger partial charge in [-0.2, -0.15) is 0 Å². The molecule has 1 aliphatic rings. The molecule has 3 heteroatoms. The number of anilines is 1. The summed E-state index contributed by atoms with van der Waals surface area (Å²) < 4.78 is 13.7. The van der Waals surface area contributed by atoms with E-state index in [1.54, 1.807) is 19.1 Å². The summed E-state index contributed by atoms with van der Waals surface area (Å²) in [6.45, 7) is 1.67. The molecule has 0 aliphatic heterocycles. The topological polar surface area (TPSA) is 23.5 Å². The number of halogens is 1. The van der Waals surface area contributed by atoms with Crippen LogP contribution in [0.4, 0.5) is 10.1 Å². The minimum Gasteiger partial charge on any atom is -0.389 e. The first kappa shape index (κ1) is 10.4. The van der Waals surface area contributed by atoms with E-state index in [0.717, 1.165) is 12.8 Å². The van der Waals surface area contributed by atoms with E-state index in [1.165, 1.54) is 6.07 Å². The summed E-state index contributed by atoms with van der Waals surface area (Å²) in [7, 11) is 1.89. The highest BCUT2D eigenvalue weighted by Gasteiger charge is 2.29. The fraction of sp³-hybridized carbons (Fsp3) is 0.500. The predicted molar refractivity (Wildman–Crippen MR) is 58.5 cm³/mol. The fourth-order valence-electron chi connectivity index (χ4n) is 1.89. The van der Waals surface area contributed by atoms with Gasteiger partial charge in [0.1, 0.15) is 5.82 Å². The molecule has 0 aromatic heterocycles. The molecule has 0 radical (unpaired) electrons. The number of para-hydroxylation sites is 1. The van der Waals surface area contributed by atoms with E-state index in [-0.39, 0.29) is 5.82 Å². The molecule has 1 fully saturated rings. The normalized spacial score (nSPS) is 17.6. The molecule has 0 spiro atoms. The summed E-state index contributed by atoms with van der Waals surface area (Å²) in [5.74, 6) is -0.247. The minimum atomic E-state index is -0.628. The van der Waals surface area contributed by atoms with Crippen LogP contribution in [0, 0.1) is 5.82 Å². The van der Waals surface area contributed by atoms with Gasteiger partial charge in [-0.1, -0.05) is 12.1 Å². The lowest BCUT2D eigenvalue weighted by Crippen LogP contribution is -2.22. The number of benzene rings is 1. The zero-order valence-corrected chi connectivity index (χ0v) is 9.07. The molecule has 0 heterocycles. The molecule has 1 atom stereocenters. The van der Waals surface area contributed by atoms with Crippen molar-refractivity contribution in [3.8, 4) is 0 Å². The molecule has 82 valence electrons. The largest absolute Gasteiger partial charge is 0.389 e. The van der Waals surface area contributed by atoms with Crippen molar-refractivity contribution in [3.05, 3.63) is 29.6 Å². The standard InChI is InChI=1S/C12H16FNO/c1-8(15)10-4-3-5-11(13)12(10)14(2)9-6-7-9/h3-5,8-9,15H,6-7H2,1-2H3/t8-/m0/s1. The molecule has 1 aromatic rings. The van der Waals surface area contributed by atoms with E-state index < -0.39 is 6.10 Å². The highest BCUT2D eigenvalue weighted by Crippen LogP contribution is 2.35. The Kier molecular flexibility index (Phi) is 2.65. The highest BCUT2D eigenvalue weighted by molar-refractivity contribution is 5.56. The average molecular weight is 209 g/mol. The van der Waals surface area contributed by atoms with Gasteiger partial charge < -0.3 is 10.0 Å². The third kappa shape index (κ3) is 1.97. The van der Waals surface area contributed by atoms with Crippen molar-refractivity contribution < 1.29 is 9.50 Å². The van der Waals surface area contributed by atoms with E-state index in [9.17, 15) is 9.50 Å². The number of hydrogen-bond donors (Lipinski definition) is 1. The lowest BCUT2D eigenvalue weighted by Gasteiger charge is -2.23. The van der Waals surface area contributed by atoms with Crippen molar-refractivity contribution in [2.45, 2.75) is 31.9 Å². The number of nitrogens with zero attached hydrogens (tertiary/aromatic N) is 1. The molecule has 1 aromatic carbocycles. The van der Waals surface area contributed by atoms with Gasteiger partial charge in [-0.05, 0) is 25.8 Å². The van der Waals surface area contributed by atoms with Crippen molar-refractivity contribution >= 4 is 5.69 Å². The van der Waals surface area contributed by atoms with Crippen LogP contribution in [0.1, 0.15) is 31.4 Å². The number of rotatable bonds is 3. The van der Waals surface area contributed by atoms with Crippen LogP contribution in [0.3, 0.4) is 0 Å². The van der Waals surface area contributed by atoms with E-state index in [2.05, 4.69) is 0 Å². The maximum absolute atomic E-state index is 13.7. The van der Waals surface area contributed by atoms with Gasteiger partial charge in [0.05, 0.1) is 11.8 Å².